The topological polar surface area (TPSA) is 166 Å². The second-order valence-electron chi connectivity index (χ2n) is 12.8. The summed E-state index contributed by atoms with van der Waals surface area (Å²) in [6, 6.07) is -0.957. The maximum absolute atomic E-state index is 13.2. The molecule has 3 N–H and O–H groups in total. The Labute approximate surface area is 258 Å². The fourth-order valence-electron chi connectivity index (χ4n) is 4.68. The number of amides is 3. The predicted molar refractivity (Wildman–Crippen MR) is 163 cm³/mol. The van der Waals surface area contributed by atoms with Crippen molar-refractivity contribution in [2.75, 3.05) is 27.8 Å². The number of likely N-dealkylation sites (N-methyl/N-ethyl adjacent to an activating group) is 1. The van der Waals surface area contributed by atoms with Gasteiger partial charge in [0.25, 0.3) is 5.91 Å². The number of alkyl carbamates (subject to hydrolysis) is 2. The zero-order valence-electron chi connectivity index (χ0n) is 27.8. The van der Waals surface area contributed by atoms with Gasteiger partial charge in [0.2, 0.25) is 5.96 Å². The van der Waals surface area contributed by atoms with Gasteiger partial charge in [-0.1, -0.05) is 20.8 Å². The van der Waals surface area contributed by atoms with Crippen molar-refractivity contribution in [3.8, 4) is 0 Å². The van der Waals surface area contributed by atoms with E-state index in [1.165, 1.54) is 14.2 Å². The normalized spacial score (nSPS) is 24.4. The van der Waals surface area contributed by atoms with Crippen LogP contribution in [0.5, 0.6) is 0 Å². The summed E-state index contributed by atoms with van der Waals surface area (Å²) in [5.74, 6) is -0.308. The summed E-state index contributed by atoms with van der Waals surface area (Å²) in [6.07, 6.45) is -0.236. The van der Waals surface area contributed by atoms with E-state index in [9.17, 15) is 18.6 Å². The minimum atomic E-state index is -1.77. The lowest BCUT2D eigenvalue weighted by Crippen LogP contribution is -2.49. The van der Waals surface area contributed by atoms with Gasteiger partial charge in [0.1, 0.15) is 17.2 Å². The largest absolute Gasteiger partial charge is 0.444 e. The number of hydrogen-bond donors (Lipinski definition) is 3. The predicted octanol–water partition coefficient (Wildman–Crippen LogP) is 3.44. The third kappa shape index (κ3) is 13.8. The molecule has 43 heavy (non-hydrogen) atoms. The van der Waals surface area contributed by atoms with Gasteiger partial charge in [-0.2, -0.15) is 4.28 Å². The zero-order chi connectivity index (χ0) is 33.1. The number of rotatable bonds is 11. The molecule has 0 aromatic carbocycles. The highest BCUT2D eigenvalue weighted by molar-refractivity contribution is 7.80. The van der Waals surface area contributed by atoms with Gasteiger partial charge in [0.05, 0.1) is 18.5 Å². The van der Waals surface area contributed by atoms with Crippen molar-refractivity contribution < 1.29 is 41.9 Å². The number of methoxy groups -OCH3 is 1. The van der Waals surface area contributed by atoms with E-state index in [0.29, 0.717) is 6.42 Å². The Kier molecular flexibility index (Phi) is 15.3. The Morgan fingerprint density at radius 3 is 2.09 bits per heavy atom. The Bertz CT molecular complexity index is 983. The summed E-state index contributed by atoms with van der Waals surface area (Å²) in [5.41, 5.74) is 1.01. The van der Waals surface area contributed by atoms with Crippen LogP contribution in [0.15, 0.2) is 4.99 Å². The highest BCUT2D eigenvalue weighted by Crippen LogP contribution is 2.38. The highest BCUT2D eigenvalue weighted by atomic mass is 32.2. The second-order valence-corrected chi connectivity index (χ2v) is 14.1. The molecule has 7 atom stereocenters. The van der Waals surface area contributed by atoms with Crippen LogP contribution in [-0.4, -0.2) is 89.7 Å². The monoisotopic (exact) mass is 635 g/mol. The number of guanidine groups is 1. The van der Waals surface area contributed by atoms with Crippen molar-refractivity contribution in [1.29, 1.82) is 0 Å². The van der Waals surface area contributed by atoms with Crippen LogP contribution in [0.1, 0.15) is 81.6 Å². The maximum atomic E-state index is 13.2. The first-order valence-corrected chi connectivity index (χ1v) is 15.7. The van der Waals surface area contributed by atoms with E-state index < -0.39 is 46.4 Å². The molecule has 7 unspecified atom stereocenters. The number of carbonyl (C=O) groups excluding carboxylic acids is 3. The Morgan fingerprint density at radius 1 is 0.977 bits per heavy atom. The molecular formula is C28H53N5O9S. The first-order valence-electron chi connectivity index (χ1n) is 14.5. The molecule has 14 nitrogen and oxygen atoms in total. The summed E-state index contributed by atoms with van der Waals surface area (Å²) in [4.78, 5) is 46.9. The number of nitrogens with one attached hydrogen (secondary N) is 3. The smallest absolute Gasteiger partial charge is 0.414 e. The van der Waals surface area contributed by atoms with Gasteiger partial charge in [0, 0.05) is 20.7 Å². The molecule has 0 saturated heterocycles. The molecule has 1 aliphatic rings. The van der Waals surface area contributed by atoms with Gasteiger partial charge in [-0.25, -0.2) is 24.3 Å². The van der Waals surface area contributed by atoms with E-state index in [1.807, 2.05) is 13.8 Å². The molecular weight excluding hydrogens is 582 g/mol. The lowest BCUT2D eigenvalue weighted by atomic mass is 9.74. The van der Waals surface area contributed by atoms with Crippen LogP contribution in [0, 0.1) is 17.8 Å². The number of hydrogen-bond acceptors (Lipinski definition) is 10. The second kappa shape index (κ2) is 17.1. The van der Waals surface area contributed by atoms with E-state index in [0.717, 1.165) is 11.5 Å². The van der Waals surface area contributed by atoms with Gasteiger partial charge in [-0.15, -0.1) is 0 Å². The van der Waals surface area contributed by atoms with Crippen molar-refractivity contribution in [2.45, 2.75) is 110 Å². The van der Waals surface area contributed by atoms with Crippen molar-refractivity contribution in [2.24, 2.45) is 22.7 Å². The Balaban J connectivity index is 2.99. The quantitative estimate of drug-likeness (QED) is 0.132. The minimum Gasteiger partial charge on any atom is -0.444 e. The number of hydroxylamine groups is 3. The standard InChI is InChI=1S/C28H53N5O9S/c1-17-16-21(38-11)18(2)19(3)22(17)43(37)42-32-24(31-26(36)41-28(7,8)9)29-15-13-14-20(23(34)33(10)39-12)30-25(35)40-27(4,5)6/h17-22H,13-16H2,1-12H3,(H,30,35)(H2,29,31,32,36). The lowest BCUT2D eigenvalue weighted by Gasteiger charge is -2.41. The molecule has 0 spiro atoms. The summed E-state index contributed by atoms with van der Waals surface area (Å²) in [5, 5.41) is 5.79. The molecule has 250 valence electrons. The number of carbonyl (C=O) groups is 3. The molecule has 1 aliphatic carbocycles. The van der Waals surface area contributed by atoms with Crippen molar-refractivity contribution in [3.05, 3.63) is 0 Å². The average Bonchev–Trinajstić information content (AvgIpc) is 2.87. The molecule has 0 aromatic rings. The van der Waals surface area contributed by atoms with E-state index in [1.54, 1.807) is 48.7 Å². The zero-order valence-corrected chi connectivity index (χ0v) is 28.6. The summed E-state index contributed by atoms with van der Waals surface area (Å²) in [7, 11) is 4.45. The van der Waals surface area contributed by atoms with Crippen LogP contribution >= 0.6 is 0 Å². The van der Waals surface area contributed by atoms with E-state index in [2.05, 4.69) is 28.0 Å². The van der Waals surface area contributed by atoms with Crippen LogP contribution in [0.2, 0.25) is 0 Å². The summed E-state index contributed by atoms with van der Waals surface area (Å²) in [6.45, 7) is 16.5. The Hall–Kier alpha value is -2.49. The molecule has 15 heteroatoms. The van der Waals surface area contributed by atoms with Gasteiger partial charge >= 0.3 is 12.2 Å². The first kappa shape index (κ1) is 38.5. The molecule has 0 bridgehead atoms. The minimum absolute atomic E-state index is 0.0488. The van der Waals surface area contributed by atoms with Crippen LogP contribution in [0.4, 0.5) is 9.59 Å². The molecule has 1 fully saturated rings. The van der Waals surface area contributed by atoms with Crippen molar-refractivity contribution in [3.63, 3.8) is 0 Å². The van der Waals surface area contributed by atoms with Crippen LogP contribution in [0.25, 0.3) is 0 Å². The van der Waals surface area contributed by atoms with Gasteiger partial charge in [-0.05, 0) is 78.6 Å². The average molecular weight is 636 g/mol. The molecule has 0 aliphatic heterocycles. The van der Waals surface area contributed by atoms with Crippen LogP contribution < -0.4 is 16.1 Å². The molecule has 1 rings (SSSR count). The molecule has 3 amide bonds. The van der Waals surface area contributed by atoms with Crippen molar-refractivity contribution in [1.82, 2.24) is 21.2 Å². The maximum Gasteiger partial charge on any atom is 0.414 e. The molecule has 0 aromatic heterocycles. The lowest BCUT2D eigenvalue weighted by molar-refractivity contribution is -0.171. The third-order valence-electron chi connectivity index (χ3n) is 6.96. The van der Waals surface area contributed by atoms with Crippen LogP contribution in [0.3, 0.4) is 0 Å². The molecule has 0 radical (unpaired) electrons. The molecule has 0 heterocycles. The van der Waals surface area contributed by atoms with Crippen LogP contribution in [-0.2, 0) is 39.2 Å². The van der Waals surface area contributed by atoms with Crippen molar-refractivity contribution >= 4 is 35.1 Å². The summed E-state index contributed by atoms with van der Waals surface area (Å²) >= 11 is -1.77. The SMILES string of the molecule is COC1CC(C)C(S(=O)ONC(=NCCCC(NC(=O)OC(C)(C)C)C(=O)N(C)OC)NC(=O)OC(C)(C)C)C(C)C1C. The fraction of sp³-hybridized carbons (Fsp3) is 0.857. The first-order chi connectivity index (χ1) is 19.8. The van der Waals surface area contributed by atoms with Gasteiger partial charge in [0.15, 0.2) is 11.1 Å². The third-order valence-corrected chi connectivity index (χ3v) is 8.54. The Morgan fingerprint density at radius 2 is 1.56 bits per heavy atom. The van der Waals surface area contributed by atoms with E-state index >= 15 is 0 Å². The fourth-order valence-corrected chi connectivity index (χ4v) is 6.04. The highest BCUT2D eigenvalue weighted by Gasteiger charge is 2.42. The van der Waals surface area contributed by atoms with E-state index in [4.69, 9.17) is 23.3 Å². The number of aliphatic imine (C=N–C) groups is 1. The van der Waals surface area contributed by atoms with Gasteiger partial charge in [-0.3, -0.25) is 19.9 Å². The van der Waals surface area contributed by atoms with Gasteiger partial charge < -0.3 is 19.5 Å². The number of ether oxygens (including phenoxy) is 3. The summed E-state index contributed by atoms with van der Waals surface area (Å²) < 4.78 is 35.0. The molecule has 1 saturated carbocycles. The number of nitrogens with zero attached hydrogens (tertiary/aromatic N) is 2. The van der Waals surface area contributed by atoms with E-state index in [-0.39, 0.29) is 48.0 Å².